The number of para-hydroxylation sites is 1. The topological polar surface area (TPSA) is 52.5 Å². The Morgan fingerprint density at radius 3 is 2.27 bits per heavy atom. The van der Waals surface area contributed by atoms with Gasteiger partial charge in [-0.2, -0.15) is 0 Å². The average molecular weight is 359 g/mol. The Kier molecular flexibility index (Phi) is 5.73. The van der Waals surface area contributed by atoms with Crippen molar-refractivity contribution in [1.82, 2.24) is 20.2 Å². The van der Waals surface area contributed by atoms with Crippen molar-refractivity contribution in [3.63, 3.8) is 0 Å². The first kappa shape index (κ1) is 19.0. The molecule has 6 heteroatoms. The SMILES string of the molecule is CC(C)C[C@@H](c1nnnn1C(C)(C)C)[NH+]1CC[NH+](c2ccccc2)CC1. The summed E-state index contributed by atoms with van der Waals surface area (Å²) in [6.45, 7) is 15.7. The van der Waals surface area contributed by atoms with Crippen molar-refractivity contribution in [3.05, 3.63) is 36.2 Å². The molecule has 2 aromatic rings. The van der Waals surface area contributed by atoms with E-state index in [-0.39, 0.29) is 5.54 Å². The molecular formula is C20H34N6+2. The van der Waals surface area contributed by atoms with Crippen molar-refractivity contribution in [2.45, 2.75) is 52.6 Å². The lowest BCUT2D eigenvalue weighted by atomic mass is 9.99. The van der Waals surface area contributed by atoms with E-state index in [0.717, 1.165) is 38.4 Å². The van der Waals surface area contributed by atoms with Gasteiger partial charge in [0.15, 0.2) is 6.04 Å². The number of hydrogen-bond donors (Lipinski definition) is 2. The van der Waals surface area contributed by atoms with Crippen LogP contribution in [0.25, 0.3) is 0 Å². The Balaban J connectivity index is 1.77. The smallest absolute Gasteiger partial charge is 0.209 e. The van der Waals surface area contributed by atoms with E-state index in [9.17, 15) is 0 Å². The third-order valence-corrected chi connectivity index (χ3v) is 5.32. The molecule has 1 atom stereocenters. The standard InChI is InChI=1S/C20H32N6/c1-16(2)15-18(19-21-22-23-26(19)20(3,4)5)25-13-11-24(12-14-25)17-9-7-6-8-10-17/h6-10,16,18H,11-15H2,1-5H3/p+2/t18-/m0/s1. The summed E-state index contributed by atoms with van der Waals surface area (Å²) in [4.78, 5) is 3.21. The van der Waals surface area contributed by atoms with Crippen molar-refractivity contribution >= 4 is 5.69 Å². The number of aromatic nitrogens is 4. The van der Waals surface area contributed by atoms with Crippen molar-refractivity contribution < 1.29 is 9.80 Å². The summed E-state index contributed by atoms with van der Waals surface area (Å²) in [5.41, 5.74) is 1.32. The number of benzene rings is 1. The number of tetrazole rings is 1. The minimum atomic E-state index is -0.0926. The second-order valence-corrected chi connectivity index (χ2v) is 8.93. The molecule has 0 bridgehead atoms. The molecule has 0 amide bonds. The third kappa shape index (κ3) is 4.30. The molecule has 2 heterocycles. The summed E-state index contributed by atoms with van der Waals surface area (Å²) in [6.07, 6.45) is 1.12. The van der Waals surface area contributed by atoms with Gasteiger partial charge in [-0.1, -0.05) is 32.0 Å². The van der Waals surface area contributed by atoms with E-state index in [2.05, 4.69) is 80.5 Å². The molecule has 0 aliphatic carbocycles. The lowest BCUT2D eigenvalue weighted by Gasteiger charge is -2.35. The van der Waals surface area contributed by atoms with Crippen LogP contribution < -0.4 is 9.80 Å². The van der Waals surface area contributed by atoms with Crippen LogP contribution in [0.1, 0.15) is 52.9 Å². The van der Waals surface area contributed by atoms with Gasteiger partial charge in [0.25, 0.3) is 0 Å². The highest BCUT2D eigenvalue weighted by Crippen LogP contribution is 2.21. The lowest BCUT2D eigenvalue weighted by molar-refractivity contribution is -1.01. The Morgan fingerprint density at radius 1 is 1.04 bits per heavy atom. The van der Waals surface area contributed by atoms with Crippen molar-refractivity contribution in [3.8, 4) is 0 Å². The molecule has 1 fully saturated rings. The molecule has 0 saturated carbocycles. The second-order valence-electron chi connectivity index (χ2n) is 8.93. The van der Waals surface area contributed by atoms with Gasteiger partial charge >= 0.3 is 0 Å². The highest BCUT2D eigenvalue weighted by atomic mass is 15.6. The van der Waals surface area contributed by atoms with Gasteiger partial charge in [-0.25, -0.2) is 4.68 Å². The summed E-state index contributed by atoms with van der Waals surface area (Å²) in [7, 11) is 0. The van der Waals surface area contributed by atoms with Gasteiger partial charge in [0.2, 0.25) is 5.82 Å². The fourth-order valence-electron chi connectivity index (χ4n) is 4.00. The van der Waals surface area contributed by atoms with E-state index >= 15 is 0 Å². The van der Waals surface area contributed by atoms with Crippen LogP contribution in [-0.4, -0.2) is 46.4 Å². The first-order valence-electron chi connectivity index (χ1n) is 9.89. The quantitative estimate of drug-likeness (QED) is 0.824. The minimum Gasteiger partial charge on any atom is -0.317 e. The van der Waals surface area contributed by atoms with Gasteiger partial charge in [-0.05, 0) is 49.2 Å². The Labute approximate surface area is 157 Å². The maximum absolute atomic E-state index is 4.46. The Morgan fingerprint density at radius 2 is 1.69 bits per heavy atom. The molecule has 1 aromatic heterocycles. The molecule has 3 rings (SSSR count). The molecule has 0 unspecified atom stereocenters. The number of nitrogens with one attached hydrogen (secondary N) is 2. The zero-order chi connectivity index (χ0) is 18.7. The monoisotopic (exact) mass is 358 g/mol. The van der Waals surface area contributed by atoms with Crippen molar-refractivity contribution in [2.24, 2.45) is 5.92 Å². The lowest BCUT2D eigenvalue weighted by Crippen LogP contribution is -3.26. The van der Waals surface area contributed by atoms with Gasteiger partial charge in [0.05, 0.1) is 5.54 Å². The number of nitrogens with zero attached hydrogens (tertiary/aromatic N) is 4. The summed E-state index contributed by atoms with van der Waals surface area (Å²) < 4.78 is 2.03. The van der Waals surface area contributed by atoms with E-state index in [1.807, 2.05) is 4.68 Å². The third-order valence-electron chi connectivity index (χ3n) is 5.32. The summed E-state index contributed by atoms with van der Waals surface area (Å²) in [5.74, 6) is 1.67. The molecule has 1 aliphatic rings. The van der Waals surface area contributed by atoms with Crippen LogP contribution in [0.15, 0.2) is 30.3 Å². The molecule has 1 aliphatic heterocycles. The zero-order valence-electron chi connectivity index (χ0n) is 16.9. The van der Waals surface area contributed by atoms with Crippen LogP contribution in [0.2, 0.25) is 0 Å². The molecule has 0 spiro atoms. The molecule has 6 nitrogen and oxygen atoms in total. The van der Waals surface area contributed by atoms with E-state index in [0.29, 0.717) is 12.0 Å². The normalized spacial score (nSPS) is 22.5. The van der Waals surface area contributed by atoms with Crippen LogP contribution >= 0.6 is 0 Å². The first-order chi connectivity index (χ1) is 12.4. The molecule has 0 radical (unpaired) electrons. The van der Waals surface area contributed by atoms with E-state index < -0.39 is 0 Å². The molecule has 2 N–H and O–H groups in total. The molecule has 26 heavy (non-hydrogen) atoms. The molecule has 1 aromatic carbocycles. The molecular weight excluding hydrogens is 324 g/mol. The van der Waals surface area contributed by atoms with Crippen LogP contribution in [-0.2, 0) is 5.54 Å². The number of rotatable bonds is 5. The maximum Gasteiger partial charge on any atom is 0.209 e. The van der Waals surface area contributed by atoms with Crippen molar-refractivity contribution in [2.75, 3.05) is 26.2 Å². The first-order valence-corrected chi connectivity index (χ1v) is 9.89. The Hall–Kier alpha value is -1.79. The van der Waals surface area contributed by atoms with Gasteiger partial charge in [0, 0.05) is 6.42 Å². The van der Waals surface area contributed by atoms with Gasteiger partial charge in [-0.15, -0.1) is 5.10 Å². The summed E-state index contributed by atoms with van der Waals surface area (Å²) >= 11 is 0. The number of piperazine rings is 1. The van der Waals surface area contributed by atoms with E-state index in [1.54, 1.807) is 9.80 Å². The highest BCUT2D eigenvalue weighted by Gasteiger charge is 2.36. The molecule has 142 valence electrons. The predicted octanol–water partition coefficient (Wildman–Crippen LogP) is 0.630. The van der Waals surface area contributed by atoms with E-state index in [1.165, 1.54) is 5.69 Å². The van der Waals surface area contributed by atoms with Gasteiger partial charge in [-0.3, -0.25) is 4.90 Å². The summed E-state index contributed by atoms with van der Waals surface area (Å²) in [5, 5.41) is 12.8. The van der Waals surface area contributed by atoms with Crippen LogP contribution in [0, 0.1) is 5.92 Å². The average Bonchev–Trinajstić information content (AvgIpc) is 3.10. The molecule has 1 saturated heterocycles. The van der Waals surface area contributed by atoms with Crippen LogP contribution in [0.4, 0.5) is 5.69 Å². The van der Waals surface area contributed by atoms with Gasteiger partial charge in [0.1, 0.15) is 31.9 Å². The minimum absolute atomic E-state index is 0.0926. The van der Waals surface area contributed by atoms with Crippen LogP contribution in [0.5, 0.6) is 0 Å². The van der Waals surface area contributed by atoms with Gasteiger partial charge < -0.3 is 4.90 Å². The second kappa shape index (κ2) is 7.84. The predicted molar refractivity (Wildman–Crippen MR) is 103 cm³/mol. The fourth-order valence-corrected chi connectivity index (χ4v) is 4.00. The largest absolute Gasteiger partial charge is 0.317 e. The number of hydrogen-bond acceptors (Lipinski definition) is 3. The van der Waals surface area contributed by atoms with E-state index in [4.69, 9.17) is 0 Å². The fraction of sp³-hybridized carbons (Fsp3) is 0.650. The zero-order valence-corrected chi connectivity index (χ0v) is 16.9. The van der Waals surface area contributed by atoms with Crippen molar-refractivity contribution in [1.29, 1.82) is 0 Å². The highest BCUT2D eigenvalue weighted by molar-refractivity contribution is 5.27. The Bertz CT molecular complexity index is 680. The summed E-state index contributed by atoms with van der Waals surface area (Å²) in [6, 6.07) is 11.2. The number of quaternary nitrogens is 2. The maximum atomic E-state index is 4.46. The van der Waals surface area contributed by atoms with Crippen LogP contribution in [0.3, 0.4) is 0 Å².